The third-order valence-electron chi connectivity index (χ3n) is 4.76. The monoisotopic (exact) mass is 355 g/mol. The summed E-state index contributed by atoms with van der Waals surface area (Å²) < 4.78 is 41.8. The summed E-state index contributed by atoms with van der Waals surface area (Å²) in [4.78, 5) is 5.69. The van der Waals surface area contributed by atoms with Gasteiger partial charge in [0, 0.05) is 25.6 Å². The number of morpholine rings is 1. The quantitative estimate of drug-likeness (QED) is 0.848. The summed E-state index contributed by atoms with van der Waals surface area (Å²) >= 11 is 0. The van der Waals surface area contributed by atoms with Gasteiger partial charge >= 0.3 is 0 Å². The summed E-state index contributed by atoms with van der Waals surface area (Å²) in [7, 11) is 0. The maximum Gasteiger partial charge on any atom is 0.177 e. The second-order valence-corrected chi connectivity index (χ2v) is 6.25. The van der Waals surface area contributed by atoms with Gasteiger partial charge in [0.15, 0.2) is 11.6 Å². The van der Waals surface area contributed by atoms with Gasteiger partial charge in [0.1, 0.15) is 23.5 Å². The summed E-state index contributed by atoms with van der Waals surface area (Å²) in [6.45, 7) is 1.34. The lowest BCUT2D eigenvalue weighted by Crippen LogP contribution is -2.37. The Bertz CT molecular complexity index is 778. The number of benzene rings is 1. The minimum Gasteiger partial charge on any atom is -0.394 e. The van der Waals surface area contributed by atoms with Gasteiger partial charge in [-0.15, -0.1) is 0 Å². The Morgan fingerprint density at radius 1 is 1.28 bits per heavy atom. The minimum atomic E-state index is -0.838. The van der Waals surface area contributed by atoms with E-state index in [0.29, 0.717) is 26.3 Å². The van der Waals surface area contributed by atoms with Crippen molar-refractivity contribution < 1.29 is 28.5 Å². The molecule has 0 aliphatic carbocycles. The molecule has 0 saturated carbocycles. The van der Waals surface area contributed by atoms with E-state index < -0.39 is 30.1 Å². The second kappa shape index (κ2) is 6.49. The number of hydrogen-bond acceptors (Lipinski definition) is 6. The molecule has 1 aromatic heterocycles. The van der Waals surface area contributed by atoms with Crippen molar-refractivity contribution >= 4 is 16.7 Å². The fourth-order valence-electron chi connectivity index (χ4n) is 3.44. The zero-order chi connectivity index (χ0) is 17.6. The number of hydrogen-bond donors (Lipinski definition) is 2. The van der Waals surface area contributed by atoms with Crippen LogP contribution in [0.5, 0.6) is 0 Å². The number of rotatable bonds is 3. The first kappa shape index (κ1) is 16.6. The van der Waals surface area contributed by atoms with E-state index in [9.17, 15) is 19.0 Å². The van der Waals surface area contributed by atoms with Crippen LogP contribution in [0.15, 0.2) is 12.4 Å². The number of halogens is 2. The van der Waals surface area contributed by atoms with Crippen LogP contribution in [0.4, 0.5) is 14.5 Å². The number of aliphatic hydroxyl groups is 2. The number of imidazole rings is 1. The van der Waals surface area contributed by atoms with Gasteiger partial charge in [-0.3, -0.25) is 0 Å². The molecule has 4 rings (SSSR count). The van der Waals surface area contributed by atoms with Gasteiger partial charge < -0.3 is 29.2 Å². The van der Waals surface area contributed by atoms with Gasteiger partial charge in [0.05, 0.1) is 37.8 Å². The number of nitrogens with zero attached hydrogens (tertiary/aromatic N) is 3. The predicted octanol–water partition coefficient (Wildman–Crippen LogP) is 0.792. The molecule has 136 valence electrons. The van der Waals surface area contributed by atoms with Crippen molar-refractivity contribution in [3.8, 4) is 0 Å². The van der Waals surface area contributed by atoms with Crippen LogP contribution in [-0.2, 0) is 9.47 Å². The maximum atomic E-state index is 14.9. The first-order chi connectivity index (χ1) is 12.1. The molecule has 0 radical (unpaired) electrons. The molecule has 3 heterocycles. The van der Waals surface area contributed by atoms with Crippen molar-refractivity contribution in [1.82, 2.24) is 9.55 Å². The fraction of sp³-hybridized carbons (Fsp3) is 0.562. The van der Waals surface area contributed by atoms with E-state index in [2.05, 4.69) is 4.98 Å². The van der Waals surface area contributed by atoms with Crippen LogP contribution in [0.25, 0.3) is 11.0 Å². The molecule has 0 amide bonds. The van der Waals surface area contributed by atoms with E-state index >= 15 is 0 Å². The third kappa shape index (κ3) is 2.77. The van der Waals surface area contributed by atoms with Gasteiger partial charge in [-0.1, -0.05) is 0 Å². The smallest absolute Gasteiger partial charge is 0.177 e. The van der Waals surface area contributed by atoms with Crippen molar-refractivity contribution in [3.63, 3.8) is 0 Å². The van der Waals surface area contributed by atoms with Crippen LogP contribution < -0.4 is 4.90 Å². The van der Waals surface area contributed by atoms with Crippen LogP contribution in [0.1, 0.15) is 12.6 Å². The fourth-order valence-corrected chi connectivity index (χ4v) is 3.44. The number of aromatic nitrogens is 2. The first-order valence-corrected chi connectivity index (χ1v) is 8.21. The molecule has 2 aliphatic heterocycles. The van der Waals surface area contributed by atoms with Crippen LogP contribution in [0.2, 0.25) is 0 Å². The Morgan fingerprint density at radius 2 is 2.04 bits per heavy atom. The minimum absolute atomic E-state index is 0.0495. The first-order valence-electron chi connectivity index (χ1n) is 8.21. The van der Waals surface area contributed by atoms with Gasteiger partial charge in [-0.2, -0.15) is 0 Å². The van der Waals surface area contributed by atoms with E-state index in [1.165, 1.54) is 17.0 Å². The van der Waals surface area contributed by atoms with E-state index in [1.807, 2.05) is 0 Å². The number of aliphatic hydroxyl groups excluding tert-OH is 2. The molecule has 9 heteroatoms. The summed E-state index contributed by atoms with van der Waals surface area (Å²) in [5.41, 5.74) is 0.206. The van der Waals surface area contributed by atoms with Crippen LogP contribution in [-0.4, -0.2) is 64.9 Å². The summed E-state index contributed by atoms with van der Waals surface area (Å²) in [6, 6.07) is 1.23. The molecule has 2 saturated heterocycles. The summed E-state index contributed by atoms with van der Waals surface area (Å²) in [5.74, 6) is -1.39. The van der Waals surface area contributed by atoms with Crippen molar-refractivity contribution in [1.29, 1.82) is 0 Å². The number of fused-ring (bicyclic) bond motifs is 1. The van der Waals surface area contributed by atoms with Gasteiger partial charge in [-0.25, -0.2) is 13.8 Å². The molecule has 0 spiro atoms. The van der Waals surface area contributed by atoms with Crippen molar-refractivity contribution in [2.45, 2.75) is 24.9 Å². The van der Waals surface area contributed by atoms with Crippen LogP contribution in [0.3, 0.4) is 0 Å². The average molecular weight is 355 g/mol. The Balaban J connectivity index is 1.73. The molecule has 0 unspecified atom stereocenters. The molecule has 2 aromatic rings. The molecular weight excluding hydrogens is 336 g/mol. The molecule has 2 fully saturated rings. The number of ether oxygens (including phenoxy) is 2. The largest absolute Gasteiger partial charge is 0.394 e. The van der Waals surface area contributed by atoms with Gasteiger partial charge in [0.2, 0.25) is 0 Å². The summed E-state index contributed by atoms with van der Waals surface area (Å²) in [6.07, 6.45) is -0.608. The Labute approximate surface area is 142 Å². The Morgan fingerprint density at radius 3 is 2.72 bits per heavy atom. The second-order valence-electron chi connectivity index (χ2n) is 6.25. The Kier molecular flexibility index (Phi) is 4.32. The SMILES string of the molecule is OC[C@H]1O[C@@H](n2cnc3c(F)c(N4CCOCC4)c(F)cc32)C[C@@H]1O. The molecule has 2 aliphatic rings. The zero-order valence-corrected chi connectivity index (χ0v) is 13.4. The molecule has 25 heavy (non-hydrogen) atoms. The zero-order valence-electron chi connectivity index (χ0n) is 13.4. The van der Waals surface area contributed by atoms with Crippen molar-refractivity contribution in [3.05, 3.63) is 24.0 Å². The topological polar surface area (TPSA) is 80.0 Å². The lowest BCUT2D eigenvalue weighted by atomic mass is 10.2. The molecular formula is C16H19F2N3O4. The summed E-state index contributed by atoms with van der Waals surface area (Å²) in [5, 5.41) is 19.1. The highest BCUT2D eigenvalue weighted by molar-refractivity contribution is 5.81. The van der Waals surface area contributed by atoms with E-state index in [0.717, 1.165) is 0 Å². The van der Waals surface area contributed by atoms with E-state index in [1.54, 1.807) is 4.90 Å². The molecule has 3 atom stereocenters. The highest BCUT2D eigenvalue weighted by atomic mass is 19.1. The van der Waals surface area contributed by atoms with Crippen LogP contribution >= 0.6 is 0 Å². The average Bonchev–Trinajstić information content (AvgIpc) is 3.19. The van der Waals surface area contributed by atoms with Crippen molar-refractivity contribution in [2.24, 2.45) is 0 Å². The third-order valence-corrected chi connectivity index (χ3v) is 4.76. The highest BCUT2D eigenvalue weighted by Crippen LogP contribution is 2.35. The molecule has 7 nitrogen and oxygen atoms in total. The normalized spacial score (nSPS) is 27.4. The van der Waals surface area contributed by atoms with E-state index in [4.69, 9.17) is 9.47 Å². The van der Waals surface area contributed by atoms with Gasteiger partial charge in [0.25, 0.3) is 0 Å². The van der Waals surface area contributed by atoms with Gasteiger partial charge in [-0.05, 0) is 0 Å². The highest BCUT2D eigenvalue weighted by Gasteiger charge is 2.35. The lowest BCUT2D eigenvalue weighted by molar-refractivity contribution is -0.0430. The molecule has 2 N–H and O–H groups in total. The lowest BCUT2D eigenvalue weighted by Gasteiger charge is -2.29. The Hall–Kier alpha value is -1.81. The van der Waals surface area contributed by atoms with Crippen molar-refractivity contribution in [2.75, 3.05) is 37.8 Å². The maximum absolute atomic E-state index is 14.9. The molecule has 0 bridgehead atoms. The number of anilines is 1. The van der Waals surface area contributed by atoms with Crippen LogP contribution in [0, 0.1) is 11.6 Å². The molecule has 1 aromatic carbocycles. The predicted molar refractivity (Wildman–Crippen MR) is 84.3 cm³/mol. The van der Waals surface area contributed by atoms with E-state index in [-0.39, 0.29) is 29.7 Å². The standard InChI is InChI=1S/C16H19F2N3O4/c17-9-5-10-15(14(18)16(9)20-1-3-24-4-2-20)19-8-21(10)13-6-11(23)12(7-22)25-13/h5,8,11-13,22-23H,1-4,6-7H2/t11-,12+,13+/m0/s1.